The number of esters is 1. The molecule has 6 heteroatoms. The quantitative estimate of drug-likeness (QED) is 0.765. The van der Waals surface area contributed by atoms with E-state index < -0.39 is 6.10 Å². The van der Waals surface area contributed by atoms with E-state index in [-0.39, 0.29) is 12.1 Å². The Balaban J connectivity index is 1.54. The molecule has 3 atom stereocenters. The normalized spacial score (nSPS) is 28.4. The molecule has 3 rings (SSSR count). The number of hydrogen-bond acceptors (Lipinski definition) is 4. The van der Waals surface area contributed by atoms with E-state index in [4.69, 9.17) is 32.7 Å². The number of nitrogens with zero attached hydrogens (tertiary/aromatic N) is 1. The summed E-state index contributed by atoms with van der Waals surface area (Å²) in [5.74, 6) is 0.178. The molecular formula is C17H21Cl2NO3. The van der Waals surface area contributed by atoms with Crippen molar-refractivity contribution in [3.63, 3.8) is 0 Å². The van der Waals surface area contributed by atoms with Crippen LogP contribution >= 0.6 is 23.2 Å². The van der Waals surface area contributed by atoms with E-state index in [1.807, 2.05) is 0 Å². The Bertz CT molecular complexity index is 581. The van der Waals surface area contributed by atoms with Gasteiger partial charge in [0.25, 0.3) is 0 Å². The zero-order valence-corrected chi connectivity index (χ0v) is 14.8. The van der Waals surface area contributed by atoms with Gasteiger partial charge in [-0.3, -0.25) is 0 Å². The first kappa shape index (κ1) is 16.9. The van der Waals surface area contributed by atoms with Crippen molar-refractivity contribution in [2.45, 2.75) is 56.9 Å². The van der Waals surface area contributed by atoms with E-state index in [0.29, 0.717) is 27.9 Å². The van der Waals surface area contributed by atoms with Gasteiger partial charge < -0.3 is 14.4 Å². The van der Waals surface area contributed by atoms with Crippen molar-refractivity contribution in [1.29, 1.82) is 0 Å². The summed E-state index contributed by atoms with van der Waals surface area (Å²) in [4.78, 5) is 14.7. The number of carbonyl (C=O) groups is 1. The zero-order valence-electron chi connectivity index (χ0n) is 13.3. The van der Waals surface area contributed by atoms with Gasteiger partial charge in [0, 0.05) is 18.2 Å². The standard InChI is InChI=1S/C17H21Cl2NO3/c1-10(22-13-5-6-15(18)16(19)9-13)17(21)23-14-7-11-3-4-12(8-14)20(11)2/h5-6,9-12,14H,3-4,7-8H2,1-2H3. The second-order valence-electron chi connectivity index (χ2n) is 6.42. The van der Waals surface area contributed by atoms with Crippen molar-refractivity contribution in [2.24, 2.45) is 0 Å². The summed E-state index contributed by atoms with van der Waals surface area (Å²) in [5.41, 5.74) is 0. The van der Waals surface area contributed by atoms with Crippen molar-refractivity contribution in [2.75, 3.05) is 7.05 Å². The molecule has 0 amide bonds. The molecule has 2 bridgehead atoms. The van der Waals surface area contributed by atoms with Crippen LogP contribution in [0.25, 0.3) is 0 Å². The van der Waals surface area contributed by atoms with Crippen molar-refractivity contribution in [3.8, 4) is 5.75 Å². The predicted octanol–water partition coefficient (Wildman–Crippen LogP) is 3.93. The summed E-state index contributed by atoms with van der Waals surface area (Å²) in [6, 6.07) is 6.01. The monoisotopic (exact) mass is 357 g/mol. The highest BCUT2D eigenvalue weighted by atomic mass is 35.5. The van der Waals surface area contributed by atoms with E-state index in [2.05, 4.69) is 11.9 Å². The summed E-state index contributed by atoms with van der Waals surface area (Å²) in [5, 5.41) is 0.854. The molecule has 126 valence electrons. The summed E-state index contributed by atoms with van der Waals surface area (Å²) in [6.07, 6.45) is 3.55. The Hall–Kier alpha value is -0.970. The fourth-order valence-electron chi connectivity index (χ4n) is 3.52. The lowest BCUT2D eigenvalue weighted by Gasteiger charge is -2.36. The third-order valence-corrected chi connectivity index (χ3v) is 5.61. The van der Waals surface area contributed by atoms with Gasteiger partial charge in [-0.25, -0.2) is 4.79 Å². The Morgan fingerprint density at radius 2 is 1.87 bits per heavy atom. The molecule has 2 fully saturated rings. The van der Waals surface area contributed by atoms with Crippen LogP contribution in [-0.2, 0) is 9.53 Å². The van der Waals surface area contributed by atoms with Crippen LogP contribution in [0.5, 0.6) is 5.75 Å². The molecule has 0 aromatic heterocycles. The Labute approximate surface area is 146 Å². The summed E-state index contributed by atoms with van der Waals surface area (Å²) in [7, 11) is 2.16. The third-order valence-electron chi connectivity index (χ3n) is 4.87. The smallest absolute Gasteiger partial charge is 0.347 e. The summed E-state index contributed by atoms with van der Waals surface area (Å²) >= 11 is 11.8. The van der Waals surface area contributed by atoms with Gasteiger partial charge in [0.15, 0.2) is 6.10 Å². The third kappa shape index (κ3) is 3.76. The zero-order chi connectivity index (χ0) is 16.6. The van der Waals surface area contributed by atoms with Gasteiger partial charge in [0.2, 0.25) is 0 Å². The SMILES string of the molecule is CC(Oc1ccc(Cl)c(Cl)c1)C(=O)OC1CC2CCC(C1)N2C. The van der Waals surface area contributed by atoms with Crippen molar-refractivity contribution in [3.05, 3.63) is 28.2 Å². The first-order chi connectivity index (χ1) is 10.9. The molecule has 0 saturated carbocycles. The van der Waals surface area contributed by atoms with Crippen molar-refractivity contribution >= 4 is 29.2 Å². The van der Waals surface area contributed by atoms with Gasteiger partial charge >= 0.3 is 5.97 Å². The van der Waals surface area contributed by atoms with Crippen LogP contribution in [0.4, 0.5) is 0 Å². The van der Waals surface area contributed by atoms with E-state index >= 15 is 0 Å². The van der Waals surface area contributed by atoms with E-state index in [9.17, 15) is 4.79 Å². The number of rotatable bonds is 4. The van der Waals surface area contributed by atoms with Crippen LogP contribution < -0.4 is 4.74 Å². The summed E-state index contributed by atoms with van der Waals surface area (Å²) in [6.45, 7) is 1.69. The maximum absolute atomic E-state index is 12.3. The highest BCUT2D eigenvalue weighted by Crippen LogP contribution is 2.35. The first-order valence-corrected chi connectivity index (χ1v) is 8.73. The molecular weight excluding hydrogens is 337 g/mol. The number of benzene rings is 1. The molecule has 0 N–H and O–H groups in total. The number of halogens is 2. The van der Waals surface area contributed by atoms with Crippen LogP contribution in [0.1, 0.15) is 32.6 Å². The lowest BCUT2D eigenvalue weighted by molar-refractivity contribution is -0.159. The maximum atomic E-state index is 12.3. The molecule has 0 radical (unpaired) electrons. The number of piperidine rings is 1. The molecule has 1 aromatic carbocycles. The Morgan fingerprint density at radius 3 is 2.48 bits per heavy atom. The molecule has 23 heavy (non-hydrogen) atoms. The minimum Gasteiger partial charge on any atom is -0.479 e. The van der Waals surface area contributed by atoms with E-state index in [0.717, 1.165) is 12.8 Å². The van der Waals surface area contributed by atoms with Gasteiger partial charge in [0.05, 0.1) is 10.0 Å². The van der Waals surface area contributed by atoms with Crippen LogP contribution in [0.15, 0.2) is 18.2 Å². The molecule has 1 aromatic rings. The minimum atomic E-state index is -0.676. The maximum Gasteiger partial charge on any atom is 0.347 e. The number of hydrogen-bond donors (Lipinski definition) is 0. The minimum absolute atomic E-state index is 0.00365. The second kappa shape index (κ2) is 6.88. The van der Waals surface area contributed by atoms with Crippen LogP contribution in [0, 0.1) is 0 Å². The van der Waals surface area contributed by atoms with Crippen LogP contribution in [0.2, 0.25) is 10.0 Å². The van der Waals surface area contributed by atoms with Gasteiger partial charge in [-0.2, -0.15) is 0 Å². The van der Waals surface area contributed by atoms with Gasteiger partial charge in [-0.05, 0) is 51.8 Å². The number of carbonyl (C=O) groups excluding carboxylic acids is 1. The van der Waals surface area contributed by atoms with Crippen LogP contribution in [-0.4, -0.2) is 42.2 Å². The average molecular weight is 358 g/mol. The van der Waals surface area contributed by atoms with Crippen molar-refractivity contribution < 1.29 is 14.3 Å². The van der Waals surface area contributed by atoms with Gasteiger partial charge in [-0.15, -0.1) is 0 Å². The fraction of sp³-hybridized carbons (Fsp3) is 0.588. The first-order valence-electron chi connectivity index (χ1n) is 7.98. The Kier molecular flexibility index (Phi) is 5.04. The predicted molar refractivity (Wildman–Crippen MR) is 90.2 cm³/mol. The Morgan fingerprint density at radius 1 is 1.22 bits per heavy atom. The second-order valence-corrected chi connectivity index (χ2v) is 7.23. The average Bonchev–Trinajstić information content (AvgIpc) is 2.73. The molecule has 0 spiro atoms. The lowest BCUT2D eigenvalue weighted by atomic mass is 10.0. The highest BCUT2D eigenvalue weighted by Gasteiger charge is 2.40. The number of ether oxygens (including phenoxy) is 2. The molecule has 0 aliphatic carbocycles. The molecule has 3 unspecified atom stereocenters. The van der Waals surface area contributed by atoms with Crippen molar-refractivity contribution in [1.82, 2.24) is 4.90 Å². The largest absolute Gasteiger partial charge is 0.479 e. The van der Waals surface area contributed by atoms with E-state index in [1.165, 1.54) is 12.8 Å². The van der Waals surface area contributed by atoms with E-state index in [1.54, 1.807) is 25.1 Å². The molecule has 2 heterocycles. The topological polar surface area (TPSA) is 38.8 Å². The molecule has 4 nitrogen and oxygen atoms in total. The fourth-order valence-corrected chi connectivity index (χ4v) is 3.81. The lowest BCUT2D eigenvalue weighted by Crippen LogP contribution is -2.44. The van der Waals surface area contributed by atoms with Crippen LogP contribution in [0.3, 0.4) is 0 Å². The van der Waals surface area contributed by atoms with Gasteiger partial charge in [-0.1, -0.05) is 23.2 Å². The number of fused-ring (bicyclic) bond motifs is 2. The molecule has 2 aliphatic rings. The molecule has 2 aliphatic heterocycles. The highest BCUT2D eigenvalue weighted by molar-refractivity contribution is 6.42. The molecule has 2 saturated heterocycles. The summed E-state index contributed by atoms with van der Waals surface area (Å²) < 4.78 is 11.3. The van der Waals surface area contributed by atoms with Gasteiger partial charge in [0.1, 0.15) is 11.9 Å².